The Balaban J connectivity index is 1.56. The molecule has 0 saturated heterocycles. The number of thiophene rings is 1. The van der Waals surface area contributed by atoms with Crippen LogP contribution in [0.15, 0.2) is 66.0 Å². The van der Waals surface area contributed by atoms with Gasteiger partial charge in [-0.25, -0.2) is 0 Å². The number of ketones is 1. The van der Waals surface area contributed by atoms with Crippen LogP contribution in [-0.2, 0) is 0 Å². The molecule has 5 heteroatoms. The molecule has 0 amide bonds. The minimum absolute atomic E-state index is 0.0372. The smallest absolute Gasteiger partial charge is 0.202 e. The lowest BCUT2D eigenvalue weighted by Gasteiger charge is -2.03. The molecule has 1 heterocycles. The normalized spacial score (nSPS) is 9.85. The Morgan fingerprint density at radius 1 is 1.04 bits per heavy atom. The number of hydrogen-bond donors (Lipinski definition) is 3. The van der Waals surface area contributed by atoms with Gasteiger partial charge < -0.3 is 11.1 Å². The van der Waals surface area contributed by atoms with Gasteiger partial charge in [0.15, 0.2) is 0 Å². The van der Waals surface area contributed by atoms with E-state index in [1.165, 1.54) is 11.3 Å². The van der Waals surface area contributed by atoms with Crippen LogP contribution in [0.1, 0.15) is 26.4 Å². The van der Waals surface area contributed by atoms with Crippen molar-refractivity contribution in [3.8, 4) is 11.8 Å². The van der Waals surface area contributed by atoms with Crippen LogP contribution >= 0.6 is 11.3 Å². The van der Waals surface area contributed by atoms with Gasteiger partial charge in [0, 0.05) is 22.4 Å². The van der Waals surface area contributed by atoms with Crippen molar-refractivity contribution in [3.05, 3.63) is 87.6 Å². The first-order valence-corrected chi connectivity index (χ1v) is 8.87. The minimum Gasteiger partial charge on any atom is -0.384 e. The lowest BCUT2D eigenvalue weighted by molar-refractivity contribution is 0.104. The Morgan fingerprint density at radius 3 is 2.35 bits per heavy atom. The third kappa shape index (κ3) is 4.38. The summed E-state index contributed by atoms with van der Waals surface area (Å²) in [6, 6.07) is 18.3. The van der Waals surface area contributed by atoms with Gasteiger partial charge in [0.1, 0.15) is 5.84 Å². The number of hydrogen-bond acceptors (Lipinski definition) is 4. The van der Waals surface area contributed by atoms with Gasteiger partial charge >= 0.3 is 0 Å². The summed E-state index contributed by atoms with van der Waals surface area (Å²) in [5.41, 5.74) is 8.57. The molecule has 3 aromatic rings. The molecular formula is C21H17N3OS. The number of rotatable bonds is 5. The fourth-order valence-corrected chi connectivity index (χ4v) is 3.00. The molecule has 0 aliphatic carbocycles. The van der Waals surface area contributed by atoms with Crippen LogP contribution in [0, 0.1) is 17.3 Å². The first-order valence-electron chi connectivity index (χ1n) is 7.99. The van der Waals surface area contributed by atoms with E-state index in [-0.39, 0.29) is 11.6 Å². The quantitative estimate of drug-likeness (QED) is 0.281. The van der Waals surface area contributed by atoms with E-state index in [0.717, 1.165) is 16.1 Å². The van der Waals surface area contributed by atoms with Crippen molar-refractivity contribution in [1.29, 1.82) is 5.41 Å². The van der Waals surface area contributed by atoms with Gasteiger partial charge in [0.25, 0.3) is 0 Å². The van der Waals surface area contributed by atoms with Crippen molar-refractivity contribution < 1.29 is 4.79 Å². The summed E-state index contributed by atoms with van der Waals surface area (Å²) in [5, 5.41) is 12.5. The van der Waals surface area contributed by atoms with E-state index in [4.69, 9.17) is 11.1 Å². The van der Waals surface area contributed by atoms with Crippen LogP contribution in [0.25, 0.3) is 0 Å². The van der Waals surface area contributed by atoms with Crippen LogP contribution in [0.2, 0.25) is 0 Å². The number of nitrogens with one attached hydrogen (secondary N) is 2. The predicted octanol–water partition coefficient (Wildman–Crippen LogP) is 3.73. The van der Waals surface area contributed by atoms with Crippen molar-refractivity contribution in [2.75, 3.05) is 11.9 Å². The van der Waals surface area contributed by atoms with Crippen molar-refractivity contribution in [1.82, 2.24) is 0 Å². The highest BCUT2D eigenvalue weighted by atomic mass is 32.1. The van der Waals surface area contributed by atoms with Gasteiger partial charge in [-0.3, -0.25) is 10.2 Å². The lowest BCUT2D eigenvalue weighted by Crippen LogP contribution is -2.10. The molecule has 4 nitrogen and oxygen atoms in total. The molecule has 0 bridgehead atoms. The van der Waals surface area contributed by atoms with E-state index < -0.39 is 0 Å². The number of amidine groups is 1. The average molecular weight is 359 g/mol. The van der Waals surface area contributed by atoms with Gasteiger partial charge in [0.2, 0.25) is 5.78 Å². The molecule has 128 valence electrons. The Bertz CT molecular complexity index is 963. The zero-order valence-electron chi connectivity index (χ0n) is 14.0. The molecule has 0 fully saturated rings. The predicted molar refractivity (Wildman–Crippen MR) is 107 cm³/mol. The molecule has 26 heavy (non-hydrogen) atoms. The first-order chi connectivity index (χ1) is 12.6. The second kappa shape index (κ2) is 8.15. The number of nitrogens with two attached hydrogens (primary N) is 1. The maximum atomic E-state index is 12.2. The third-order valence-corrected chi connectivity index (χ3v) is 4.57. The van der Waals surface area contributed by atoms with Crippen molar-refractivity contribution in [2.45, 2.75) is 0 Å². The van der Waals surface area contributed by atoms with E-state index in [1.807, 2.05) is 41.8 Å². The molecule has 1 aromatic heterocycles. The fourth-order valence-electron chi connectivity index (χ4n) is 2.32. The van der Waals surface area contributed by atoms with Crippen LogP contribution in [0.3, 0.4) is 0 Å². The second-order valence-corrected chi connectivity index (χ2v) is 6.48. The summed E-state index contributed by atoms with van der Waals surface area (Å²) in [6.07, 6.45) is 0. The standard InChI is InChI=1S/C21H17N3OS/c22-21(23)17-9-11-18(12-10-17)24-13-1-3-15-5-7-16(8-6-15)20(25)19-4-2-14-26-19/h2,4-12,14,24H,13H2,(H3,22,23). The van der Waals surface area contributed by atoms with Gasteiger partial charge in [0.05, 0.1) is 11.4 Å². The zero-order chi connectivity index (χ0) is 18.4. The zero-order valence-corrected chi connectivity index (χ0v) is 14.8. The maximum absolute atomic E-state index is 12.2. The van der Waals surface area contributed by atoms with Crippen LogP contribution < -0.4 is 11.1 Å². The fraction of sp³-hybridized carbons (Fsp3) is 0.0476. The molecule has 0 unspecified atom stereocenters. The molecule has 0 aliphatic heterocycles. The van der Waals surface area contributed by atoms with E-state index in [0.29, 0.717) is 17.7 Å². The molecule has 0 radical (unpaired) electrons. The summed E-state index contributed by atoms with van der Waals surface area (Å²) in [7, 11) is 0. The Kier molecular flexibility index (Phi) is 5.47. The molecular weight excluding hydrogens is 342 g/mol. The lowest BCUT2D eigenvalue weighted by atomic mass is 10.1. The monoisotopic (exact) mass is 359 g/mol. The summed E-state index contributed by atoms with van der Waals surface area (Å²) < 4.78 is 0. The first kappa shape index (κ1) is 17.5. The topological polar surface area (TPSA) is 79.0 Å². The van der Waals surface area contributed by atoms with Gasteiger partial charge in [-0.2, -0.15) is 0 Å². The number of anilines is 1. The van der Waals surface area contributed by atoms with Crippen LogP contribution in [0.4, 0.5) is 5.69 Å². The van der Waals surface area contributed by atoms with Gasteiger partial charge in [-0.15, -0.1) is 11.3 Å². The number of benzene rings is 2. The minimum atomic E-state index is 0.0372. The highest BCUT2D eigenvalue weighted by Gasteiger charge is 2.09. The largest absolute Gasteiger partial charge is 0.384 e. The average Bonchev–Trinajstić information content (AvgIpc) is 3.20. The number of nitrogen functional groups attached to an aromatic ring is 1. The molecule has 0 atom stereocenters. The SMILES string of the molecule is N=C(N)c1ccc(NCC#Cc2ccc(C(=O)c3cccs3)cc2)cc1. The van der Waals surface area contributed by atoms with Crippen molar-refractivity contribution in [2.24, 2.45) is 5.73 Å². The van der Waals surface area contributed by atoms with Crippen LogP contribution in [0.5, 0.6) is 0 Å². The van der Waals surface area contributed by atoms with Gasteiger partial charge in [-0.1, -0.05) is 17.9 Å². The maximum Gasteiger partial charge on any atom is 0.202 e. The van der Waals surface area contributed by atoms with Gasteiger partial charge in [-0.05, 0) is 60.0 Å². The summed E-state index contributed by atoms with van der Waals surface area (Å²) in [5.74, 6) is 6.21. The van der Waals surface area contributed by atoms with Crippen LogP contribution in [-0.4, -0.2) is 18.2 Å². The van der Waals surface area contributed by atoms with E-state index in [9.17, 15) is 4.79 Å². The van der Waals surface area contributed by atoms with E-state index in [2.05, 4.69) is 17.2 Å². The summed E-state index contributed by atoms with van der Waals surface area (Å²) in [4.78, 5) is 13.0. The number of carbonyl (C=O) groups excluding carboxylic acids is 1. The molecule has 3 rings (SSSR count). The Morgan fingerprint density at radius 2 is 1.73 bits per heavy atom. The summed E-state index contributed by atoms with van der Waals surface area (Å²) >= 11 is 1.44. The third-order valence-electron chi connectivity index (χ3n) is 3.70. The highest BCUT2D eigenvalue weighted by Crippen LogP contribution is 2.15. The Labute approximate surface area is 156 Å². The Hall–Kier alpha value is -3.36. The molecule has 2 aromatic carbocycles. The van der Waals surface area contributed by atoms with E-state index >= 15 is 0 Å². The summed E-state index contributed by atoms with van der Waals surface area (Å²) in [6.45, 7) is 0.495. The van der Waals surface area contributed by atoms with Crippen molar-refractivity contribution in [3.63, 3.8) is 0 Å². The highest BCUT2D eigenvalue weighted by molar-refractivity contribution is 7.12. The second-order valence-electron chi connectivity index (χ2n) is 5.53. The molecule has 0 aliphatic rings. The molecule has 4 N–H and O–H groups in total. The van der Waals surface area contributed by atoms with Crippen molar-refractivity contribution >= 4 is 28.6 Å². The molecule has 0 spiro atoms. The van der Waals surface area contributed by atoms with E-state index in [1.54, 1.807) is 24.3 Å². The number of carbonyl (C=O) groups is 1. The molecule has 0 saturated carbocycles.